The van der Waals surface area contributed by atoms with Crippen molar-refractivity contribution < 1.29 is 4.79 Å². The number of rotatable bonds is 2. The van der Waals surface area contributed by atoms with Crippen LogP contribution < -0.4 is 5.32 Å². The molecule has 0 saturated carbocycles. The van der Waals surface area contributed by atoms with Crippen LogP contribution in [0.4, 0.5) is 0 Å². The molecule has 23 heavy (non-hydrogen) atoms. The molecule has 3 aliphatic heterocycles. The molecule has 1 N–H and O–H groups in total. The summed E-state index contributed by atoms with van der Waals surface area (Å²) in [6.45, 7) is 5.98. The standard InChI is InChI=1S/C16H25N5O.ClH/c22-16(20-10-9-19-7-2-4-14(19)12-20)15-5-8-21(18-15)13-3-1-6-17-11-13;/h5,8,13-14,17H,1-4,6-7,9-12H2;1H. The van der Waals surface area contributed by atoms with Crippen LogP contribution >= 0.6 is 12.4 Å². The summed E-state index contributed by atoms with van der Waals surface area (Å²) in [6, 6.07) is 2.85. The second-order valence-corrected chi connectivity index (χ2v) is 6.76. The van der Waals surface area contributed by atoms with Gasteiger partial charge in [-0.2, -0.15) is 5.10 Å². The van der Waals surface area contributed by atoms with E-state index in [0.29, 0.717) is 17.8 Å². The van der Waals surface area contributed by atoms with Crippen LogP contribution in [-0.2, 0) is 0 Å². The number of carbonyl (C=O) groups is 1. The van der Waals surface area contributed by atoms with E-state index in [0.717, 1.165) is 39.1 Å². The van der Waals surface area contributed by atoms with Crippen molar-refractivity contribution in [2.45, 2.75) is 37.8 Å². The molecule has 0 bridgehead atoms. The summed E-state index contributed by atoms with van der Waals surface area (Å²) in [5.41, 5.74) is 0.608. The first-order chi connectivity index (χ1) is 10.8. The van der Waals surface area contributed by atoms with Gasteiger partial charge in [0.1, 0.15) is 5.69 Å². The third kappa shape index (κ3) is 3.39. The Morgan fingerprint density at radius 1 is 1.17 bits per heavy atom. The molecule has 1 aromatic rings. The molecule has 3 saturated heterocycles. The van der Waals surface area contributed by atoms with Crippen LogP contribution in [0.5, 0.6) is 0 Å². The summed E-state index contributed by atoms with van der Waals surface area (Å²) in [5, 5.41) is 7.97. The monoisotopic (exact) mass is 339 g/mol. The van der Waals surface area contributed by atoms with E-state index in [1.165, 1.54) is 25.8 Å². The van der Waals surface area contributed by atoms with Gasteiger partial charge in [0.15, 0.2) is 0 Å². The lowest BCUT2D eigenvalue weighted by molar-refractivity contribution is 0.0564. The minimum Gasteiger partial charge on any atom is -0.334 e. The van der Waals surface area contributed by atoms with Crippen molar-refractivity contribution >= 4 is 18.3 Å². The lowest BCUT2D eigenvalue weighted by Gasteiger charge is -2.37. The van der Waals surface area contributed by atoms with E-state index in [9.17, 15) is 4.79 Å². The van der Waals surface area contributed by atoms with Crippen LogP contribution in [0.15, 0.2) is 12.3 Å². The Bertz CT molecular complexity index is 542. The highest BCUT2D eigenvalue weighted by atomic mass is 35.5. The summed E-state index contributed by atoms with van der Waals surface area (Å²) in [6.07, 6.45) is 6.79. The van der Waals surface area contributed by atoms with Crippen molar-refractivity contribution in [2.24, 2.45) is 0 Å². The van der Waals surface area contributed by atoms with Crippen LogP contribution in [0.25, 0.3) is 0 Å². The molecule has 7 heteroatoms. The smallest absolute Gasteiger partial charge is 0.274 e. The molecular formula is C16H26ClN5O. The van der Waals surface area contributed by atoms with Gasteiger partial charge in [0.2, 0.25) is 0 Å². The van der Waals surface area contributed by atoms with Gasteiger partial charge in [-0.05, 0) is 44.8 Å². The number of aromatic nitrogens is 2. The predicted octanol–water partition coefficient (Wildman–Crippen LogP) is 1.15. The fourth-order valence-corrected chi connectivity index (χ4v) is 4.05. The van der Waals surface area contributed by atoms with Gasteiger partial charge < -0.3 is 10.2 Å². The Morgan fingerprint density at radius 2 is 2.04 bits per heavy atom. The number of carbonyl (C=O) groups excluding carboxylic acids is 1. The van der Waals surface area contributed by atoms with Crippen LogP contribution in [0.3, 0.4) is 0 Å². The van der Waals surface area contributed by atoms with Gasteiger partial charge in [-0.25, -0.2) is 0 Å². The molecule has 2 atom stereocenters. The maximum Gasteiger partial charge on any atom is 0.274 e. The van der Waals surface area contributed by atoms with Crippen LogP contribution in [-0.4, -0.2) is 70.8 Å². The molecule has 3 fully saturated rings. The zero-order valence-electron chi connectivity index (χ0n) is 13.5. The van der Waals surface area contributed by atoms with Crippen molar-refractivity contribution in [3.8, 4) is 0 Å². The molecule has 1 aromatic heterocycles. The Morgan fingerprint density at radius 3 is 2.87 bits per heavy atom. The minimum absolute atomic E-state index is 0. The number of fused-ring (bicyclic) bond motifs is 1. The van der Waals surface area contributed by atoms with E-state index in [1.54, 1.807) is 0 Å². The Labute approximate surface area is 143 Å². The number of halogens is 1. The summed E-state index contributed by atoms with van der Waals surface area (Å²) < 4.78 is 1.98. The highest BCUT2D eigenvalue weighted by molar-refractivity contribution is 5.92. The van der Waals surface area contributed by atoms with E-state index in [4.69, 9.17) is 0 Å². The van der Waals surface area contributed by atoms with E-state index in [2.05, 4.69) is 15.3 Å². The van der Waals surface area contributed by atoms with Crippen molar-refractivity contribution in [1.82, 2.24) is 24.9 Å². The average Bonchev–Trinajstić information content (AvgIpc) is 3.23. The van der Waals surface area contributed by atoms with Gasteiger partial charge >= 0.3 is 0 Å². The highest BCUT2D eigenvalue weighted by Crippen LogP contribution is 2.22. The number of nitrogens with zero attached hydrogens (tertiary/aromatic N) is 4. The van der Waals surface area contributed by atoms with E-state index >= 15 is 0 Å². The molecule has 0 aliphatic carbocycles. The second kappa shape index (κ2) is 7.20. The molecule has 3 aliphatic rings. The first-order valence-corrected chi connectivity index (χ1v) is 8.60. The molecule has 4 rings (SSSR count). The number of piperazine rings is 1. The van der Waals surface area contributed by atoms with Gasteiger partial charge in [-0.15, -0.1) is 12.4 Å². The van der Waals surface area contributed by atoms with Crippen molar-refractivity contribution in [3.05, 3.63) is 18.0 Å². The van der Waals surface area contributed by atoms with Crippen molar-refractivity contribution in [3.63, 3.8) is 0 Å². The van der Waals surface area contributed by atoms with Crippen LogP contribution in [0.2, 0.25) is 0 Å². The van der Waals surface area contributed by atoms with Crippen LogP contribution in [0, 0.1) is 0 Å². The molecule has 1 amide bonds. The Balaban J connectivity index is 0.00000156. The Kier molecular flexibility index (Phi) is 5.24. The highest BCUT2D eigenvalue weighted by Gasteiger charge is 2.33. The largest absolute Gasteiger partial charge is 0.334 e. The van der Waals surface area contributed by atoms with Crippen molar-refractivity contribution in [2.75, 3.05) is 39.3 Å². The lowest BCUT2D eigenvalue weighted by atomic mass is 10.1. The zero-order valence-corrected chi connectivity index (χ0v) is 14.3. The summed E-state index contributed by atoms with van der Waals surface area (Å²) in [7, 11) is 0. The zero-order chi connectivity index (χ0) is 14.9. The molecule has 128 valence electrons. The third-order valence-corrected chi connectivity index (χ3v) is 5.35. The lowest BCUT2D eigenvalue weighted by Crippen LogP contribution is -2.52. The van der Waals surface area contributed by atoms with Gasteiger partial charge in [-0.1, -0.05) is 0 Å². The van der Waals surface area contributed by atoms with Gasteiger partial charge in [0.25, 0.3) is 5.91 Å². The van der Waals surface area contributed by atoms with Crippen molar-refractivity contribution in [1.29, 1.82) is 0 Å². The maximum absolute atomic E-state index is 12.7. The molecule has 0 radical (unpaired) electrons. The molecule has 0 aromatic carbocycles. The number of hydrogen-bond acceptors (Lipinski definition) is 4. The van der Waals surface area contributed by atoms with E-state index in [-0.39, 0.29) is 18.3 Å². The molecule has 4 heterocycles. The SMILES string of the molecule is Cl.O=C(c1ccn(C2CCCNC2)n1)N1CCN2CCCC2C1. The van der Waals surface area contributed by atoms with E-state index < -0.39 is 0 Å². The minimum atomic E-state index is 0. The van der Waals surface area contributed by atoms with E-state index in [1.807, 2.05) is 21.8 Å². The normalized spacial score (nSPS) is 28.3. The molecule has 6 nitrogen and oxygen atoms in total. The van der Waals surface area contributed by atoms with Gasteiger partial charge in [0.05, 0.1) is 6.04 Å². The number of hydrogen-bond donors (Lipinski definition) is 1. The van der Waals surface area contributed by atoms with Crippen LogP contribution in [0.1, 0.15) is 42.2 Å². The second-order valence-electron chi connectivity index (χ2n) is 6.76. The first kappa shape index (κ1) is 16.7. The number of amides is 1. The topological polar surface area (TPSA) is 53.4 Å². The quantitative estimate of drug-likeness (QED) is 0.878. The number of nitrogens with one attached hydrogen (secondary N) is 1. The summed E-state index contributed by atoms with van der Waals surface area (Å²) >= 11 is 0. The maximum atomic E-state index is 12.7. The average molecular weight is 340 g/mol. The fourth-order valence-electron chi connectivity index (χ4n) is 4.05. The molecule has 2 unspecified atom stereocenters. The predicted molar refractivity (Wildman–Crippen MR) is 91.1 cm³/mol. The Hall–Kier alpha value is -1.11. The summed E-state index contributed by atoms with van der Waals surface area (Å²) in [4.78, 5) is 17.2. The van der Waals surface area contributed by atoms with Gasteiger partial charge in [0, 0.05) is 38.4 Å². The first-order valence-electron chi connectivity index (χ1n) is 8.60. The number of piperidine rings is 1. The fraction of sp³-hybridized carbons (Fsp3) is 0.750. The third-order valence-electron chi connectivity index (χ3n) is 5.35. The molecule has 0 spiro atoms. The summed E-state index contributed by atoms with van der Waals surface area (Å²) in [5.74, 6) is 0.106. The van der Waals surface area contributed by atoms with Gasteiger partial charge in [-0.3, -0.25) is 14.4 Å². The molecular weight excluding hydrogens is 314 g/mol.